The molecule has 1 aromatic heterocycles. The second-order valence-electron chi connectivity index (χ2n) is 4.08. The second kappa shape index (κ2) is 5.39. The van der Waals surface area contributed by atoms with E-state index >= 15 is 0 Å². The van der Waals surface area contributed by atoms with E-state index in [1.54, 1.807) is 44.2 Å². The lowest BCUT2D eigenvalue weighted by Crippen LogP contribution is -2.17. The highest BCUT2D eigenvalue weighted by molar-refractivity contribution is 5.96. The van der Waals surface area contributed by atoms with E-state index in [9.17, 15) is 9.90 Å². The fraction of sp³-hybridized carbons (Fsp3) is 0.143. The minimum Gasteiger partial charge on any atom is -0.507 e. The van der Waals surface area contributed by atoms with Crippen LogP contribution in [-0.4, -0.2) is 17.2 Å². The molecule has 5 nitrogen and oxygen atoms in total. The molecule has 0 aliphatic carbocycles. The summed E-state index contributed by atoms with van der Waals surface area (Å²) in [5.74, 6) is 0.983. The fourth-order valence-corrected chi connectivity index (χ4v) is 1.67. The number of phenols is 1. The normalized spacial score (nSPS) is 10.8. The van der Waals surface area contributed by atoms with E-state index in [-0.39, 0.29) is 11.7 Å². The Morgan fingerprint density at radius 3 is 2.74 bits per heavy atom. The number of rotatable bonds is 3. The molecule has 0 aliphatic rings. The molecule has 0 spiro atoms. The molecule has 0 atom stereocenters. The first-order chi connectivity index (χ1) is 9.08. The van der Waals surface area contributed by atoms with Crippen molar-refractivity contribution in [3.63, 3.8) is 0 Å². The highest BCUT2D eigenvalue weighted by Gasteiger charge is 2.12. The van der Waals surface area contributed by atoms with Crippen molar-refractivity contribution in [1.82, 2.24) is 5.43 Å². The Kier molecular flexibility index (Phi) is 3.66. The first-order valence-corrected chi connectivity index (χ1v) is 5.76. The van der Waals surface area contributed by atoms with Crippen LogP contribution in [0.15, 0.2) is 39.9 Å². The van der Waals surface area contributed by atoms with E-state index < -0.39 is 0 Å². The highest BCUT2D eigenvalue weighted by atomic mass is 16.3. The number of hydrogen-bond acceptors (Lipinski definition) is 4. The van der Waals surface area contributed by atoms with Crippen molar-refractivity contribution >= 4 is 12.1 Å². The molecule has 5 heteroatoms. The van der Waals surface area contributed by atoms with Gasteiger partial charge in [-0.3, -0.25) is 4.79 Å². The Hall–Kier alpha value is -2.56. The van der Waals surface area contributed by atoms with Crippen molar-refractivity contribution < 1.29 is 14.3 Å². The minimum absolute atomic E-state index is 0.107. The van der Waals surface area contributed by atoms with Crippen LogP contribution in [0.2, 0.25) is 0 Å². The maximum absolute atomic E-state index is 11.8. The quantitative estimate of drug-likeness (QED) is 0.655. The van der Waals surface area contributed by atoms with Crippen LogP contribution in [0.4, 0.5) is 0 Å². The average molecular weight is 258 g/mol. The third kappa shape index (κ3) is 3.01. The summed E-state index contributed by atoms with van der Waals surface area (Å²) >= 11 is 0. The number of para-hydroxylation sites is 1. The summed E-state index contributed by atoms with van der Waals surface area (Å²) in [5.41, 5.74) is 3.37. The van der Waals surface area contributed by atoms with Gasteiger partial charge in [0.2, 0.25) is 0 Å². The predicted octanol–water partition coefficient (Wildman–Crippen LogP) is 2.37. The summed E-state index contributed by atoms with van der Waals surface area (Å²) in [6, 6.07) is 8.38. The molecule has 0 unspecified atom stereocenters. The summed E-state index contributed by atoms with van der Waals surface area (Å²) < 4.78 is 5.27. The molecule has 0 fully saturated rings. The zero-order valence-electron chi connectivity index (χ0n) is 10.7. The smallest absolute Gasteiger partial charge is 0.274 e. The van der Waals surface area contributed by atoms with Crippen LogP contribution in [0, 0.1) is 13.8 Å². The number of aryl methyl sites for hydroxylation is 2. The number of hydrogen-bond donors (Lipinski definition) is 2. The van der Waals surface area contributed by atoms with Gasteiger partial charge in [-0.25, -0.2) is 5.43 Å². The molecule has 1 heterocycles. The molecule has 2 rings (SSSR count). The third-order valence-electron chi connectivity index (χ3n) is 2.59. The molecule has 98 valence electrons. The van der Waals surface area contributed by atoms with Crippen LogP contribution in [0.1, 0.15) is 27.4 Å². The minimum atomic E-state index is -0.346. The number of carbonyl (C=O) groups excluding carboxylic acids is 1. The third-order valence-corrected chi connectivity index (χ3v) is 2.59. The van der Waals surface area contributed by atoms with Crippen LogP contribution in [0.3, 0.4) is 0 Å². The molecular weight excluding hydrogens is 244 g/mol. The highest BCUT2D eigenvalue weighted by Crippen LogP contribution is 2.14. The number of phenolic OH excluding ortho intramolecular Hbond substituents is 1. The maximum atomic E-state index is 11.8. The first kappa shape index (κ1) is 12.9. The van der Waals surface area contributed by atoms with Crippen molar-refractivity contribution in [1.29, 1.82) is 0 Å². The molecule has 0 bridgehead atoms. The summed E-state index contributed by atoms with van der Waals surface area (Å²) in [6.07, 6.45) is 1.38. The van der Waals surface area contributed by atoms with Gasteiger partial charge in [0.25, 0.3) is 5.91 Å². The predicted molar refractivity (Wildman–Crippen MR) is 71.3 cm³/mol. The van der Waals surface area contributed by atoms with Crippen LogP contribution in [0.25, 0.3) is 0 Å². The Balaban J connectivity index is 2.05. The summed E-state index contributed by atoms with van der Waals surface area (Å²) in [4.78, 5) is 11.8. The van der Waals surface area contributed by atoms with Gasteiger partial charge in [-0.2, -0.15) is 5.10 Å². The van der Waals surface area contributed by atoms with Crippen molar-refractivity contribution in [2.24, 2.45) is 5.10 Å². The van der Waals surface area contributed by atoms with E-state index in [1.807, 2.05) is 0 Å². The molecule has 2 aromatic rings. The number of benzene rings is 1. The van der Waals surface area contributed by atoms with Gasteiger partial charge < -0.3 is 9.52 Å². The van der Waals surface area contributed by atoms with Crippen molar-refractivity contribution in [3.05, 3.63) is 53.0 Å². The van der Waals surface area contributed by atoms with Gasteiger partial charge in [0, 0.05) is 5.56 Å². The number of hydrazone groups is 1. The first-order valence-electron chi connectivity index (χ1n) is 5.76. The number of amides is 1. The lowest BCUT2D eigenvalue weighted by molar-refractivity contribution is 0.0953. The topological polar surface area (TPSA) is 74.8 Å². The monoisotopic (exact) mass is 258 g/mol. The van der Waals surface area contributed by atoms with Gasteiger partial charge >= 0.3 is 0 Å². The second-order valence-corrected chi connectivity index (χ2v) is 4.08. The van der Waals surface area contributed by atoms with E-state index in [2.05, 4.69) is 10.5 Å². The lowest BCUT2D eigenvalue weighted by atomic mass is 10.2. The fourth-order valence-electron chi connectivity index (χ4n) is 1.67. The number of nitrogens with zero attached hydrogens (tertiary/aromatic N) is 1. The average Bonchev–Trinajstić information content (AvgIpc) is 2.71. The van der Waals surface area contributed by atoms with Crippen LogP contribution in [0.5, 0.6) is 5.75 Å². The number of nitrogens with one attached hydrogen (secondary N) is 1. The molecule has 19 heavy (non-hydrogen) atoms. The van der Waals surface area contributed by atoms with Crippen molar-refractivity contribution in [2.45, 2.75) is 13.8 Å². The molecule has 2 N–H and O–H groups in total. The molecule has 1 amide bonds. The van der Waals surface area contributed by atoms with E-state index in [0.29, 0.717) is 22.6 Å². The summed E-state index contributed by atoms with van der Waals surface area (Å²) in [5, 5.41) is 13.3. The summed E-state index contributed by atoms with van der Waals surface area (Å²) in [7, 11) is 0. The Bertz CT molecular complexity index is 629. The zero-order valence-corrected chi connectivity index (χ0v) is 10.7. The van der Waals surface area contributed by atoms with E-state index in [1.165, 1.54) is 6.21 Å². The molecule has 1 aromatic carbocycles. The standard InChI is InChI=1S/C14H14N2O3/c1-9-7-12(10(2)19-9)14(18)16-15-8-11-5-3-4-6-13(11)17/h3-8,17H,1-2H3,(H,16,18)/b15-8-. The van der Waals surface area contributed by atoms with Gasteiger partial charge in [0.05, 0.1) is 11.8 Å². The Labute approximate surface area is 110 Å². The van der Waals surface area contributed by atoms with E-state index in [0.717, 1.165) is 0 Å². The molecule has 0 aliphatic heterocycles. The SMILES string of the molecule is Cc1cc(C(=O)N/N=C\c2ccccc2O)c(C)o1. The Morgan fingerprint density at radius 2 is 2.11 bits per heavy atom. The molecule has 0 radical (unpaired) electrons. The van der Waals surface area contributed by atoms with Crippen LogP contribution in [-0.2, 0) is 0 Å². The van der Waals surface area contributed by atoms with E-state index in [4.69, 9.17) is 4.42 Å². The molecular formula is C14H14N2O3. The van der Waals surface area contributed by atoms with Crippen molar-refractivity contribution in [3.8, 4) is 5.75 Å². The Morgan fingerprint density at radius 1 is 1.37 bits per heavy atom. The largest absolute Gasteiger partial charge is 0.507 e. The number of aromatic hydroxyl groups is 1. The lowest BCUT2D eigenvalue weighted by Gasteiger charge is -1.98. The summed E-state index contributed by atoms with van der Waals surface area (Å²) in [6.45, 7) is 3.49. The van der Waals surface area contributed by atoms with Gasteiger partial charge in [-0.1, -0.05) is 12.1 Å². The van der Waals surface area contributed by atoms with Gasteiger partial charge in [0.15, 0.2) is 0 Å². The van der Waals surface area contributed by atoms with Crippen molar-refractivity contribution in [2.75, 3.05) is 0 Å². The van der Waals surface area contributed by atoms with Gasteiger partial charge in [0.1, 0.15) is 17.3 Å². The number of carbonyl (C=O) groups is 1. The number of furan rings is 1. The zero-order chi connectivity index (χ0) is 13.8. The molecule has 0 saturated carbocycles. The van der Waals surface area contributed by atoms with Gasteiger partial charge in [-0.15, -0.1) is 0 Å². The van der Waals surface area contributed by atoms with Gasteiger partial charge in [-0.05, 0) is 32.0 Å². The van der Waals surface area contributed by atoms with Crippen LogP contribution >= 0.6 is 0 Å². The maximum Gasteiger partial charge on any atom is 0.274 e. The van der Waals surface area contributed by atoms with Crippen LogP contribution < -0.4 is 5.43 Å². The molecule has 0 saturated heterocycles.